The molecule has 0 bridgehead atoms. The lowest BCUT2D eigenvalue weighted by atomic mass is 10.3. The molecule has 0 saturated carbocycles. The van der Waals surface area contributed by atoms with E-state index < -0.39 is 0 Å². The minimum absolute atomic E-state index is 0.287. The van der Waals surface area contributed by atoms with Gasteiger partial charge in [0.15, 0.2) is 0 Å². The van der Waals surface area contributed by atoms with Gasteiger partial charge in [-0.05, 0) is 31.7 Å². The van der Waals surface area contributed by atoms with Crippen LogP contribution in [0.15, 0.2) is 6.20 Å². The molecule has 5 heteroatoms. The van der Waals surface area contributed by atoms with E-state index in [9.17, 15) is 0 Å². The minimum Gasteiger partial charge on any atom is -0.366 e. The third-order valence-corrected chi connectivity index (χ3v) is 2.76. The number of anilines is 1. The summed E-state index contributed by atoms with van der Waals surface area (Å²) in [5, 5.41) is 3.58. The van der Waals surface area contributed by atoms with Crippen LogP contribution in [-0.4, -0.2) is 28.0 Å². The second kappa shape index (κ2) is 5.41. The van der Waals surface area contributed by atoms with Crippen LogP contribution < -0.4 is 5.32 Å². The fourth-order valence-corrected chi connectivity index (χ4v) is 1.81. The van der Waals surface area contributed by atoms with Crippen LogP contribution >= 0.6 is 23.4 Å². The highest BCUT2D eigenvalue weighted by Crippen LogP contribution is 2.14. The van der Waals surface area contributed by atoms with Crippen molar-refractivity contribution in [1.82, 2.24) is 9.97 Å². The van der Waals surface area contributed by atoms with Gasteiger partial charge in [0, 0.05) is 23.6 Å². The molecule has 3 nitrogen and oxygen atoms in total. The topological polar surface area (TPSA) is 37.8 Å². The number of halogens is 1. The highest BCUT2D eigenvalue weighted by molar-refractivity contribution is 7.98. The predicted octanol–water partition coefficient (Wildman–Crippen LogP) is 2.60. The molecule has 0 amide bonds. The molecule has 0 aromatic carbocycles. The Labute approximate surface area is 93.7 Å². The zero-order chi connectivity index (χ0) is 10.6. The van der Waals surface area contributed by atoms with E-state index in [-0.39, 0.29) is 5.28 Å². The van der Waals surface area contributed by atoms with Crippen molar-refractivity contribution in [3.63, 3.8) is 0 Å². The molecule has 14 heavy (non-hydrogen) atoms. The summed E-state index contributed by atoms with van der Waals surface area (Å²) in [7, 11) is 0. The third-order valence-electron chi connectivity index (χ3n) is 1.74. The van der Waals surface area contributed by atoms with Gasteiger partial charge in [0.1, 0.15) is 5.82 Å². The first-order chi connectivity index (χ1) is 6.63. The number of nitrogens with zero attached hydrogens (tertiary/aromatic N) is 2. The van der Waals surface area contributed by atoms with Crippen molar-refractivity contribution in [3.05, 3.63) is 17.0 Å². The lowest BCUT2D eigenvalue weighted by Gasteiger charge is -2.14. The molecule has 1 unspecified atom stereocenters. The first kappa shape index (κ1) is 11.6. The summed E-state index contributed by atoms with van der Waals surface area (Å²) in [5.74, 6) is 1.87. The Morgan fingerprint density at radius 2 is 2.36 bits per heavy atom. The second-order valence-electron chi connectivity index (χ2n) is 3.17. The zero-order valence-electron chi connectivity index (χ0n) is 8.54. The van der Waals surface area contributed by atoms with Crippen LogP contribution in [0.3, 0.4) is 0 Å². The van der Waals surface area contributed by atoms with E-state index >= 15 is 0 Å². The lowest BCUT2D eigenvalue weighted by molar-refractivity contribution is 0.895. The van der Waals surface area contributed by atoms with Crippen LogP contribution in [0.2, 0.25) is 5.28 Å². The fourth-order valence-electron chi connectivity index (χ4n) is 1.09. The lowest BCUT2D eigenvalue weighted by Crippen LogP contribution is -2.19. The largest absolute Gasteiger partial charge is 0.366 e. The maximum atomic E-state index is 5.71. The molecule has 0 fully saturated rings. The van der Waals surface area contributed by atoms with Gasteiger partial charge in [0.05, 0.1) is 0 Å². The van der Waals surface area contributed by atoms with E-state index in [0.29, 0.717) is 6.04 Å². The van der Waals surface area contributed by atoms with Crippen LogP contribution in [0.1, 0.15) is 12.5 Å². The summed E-state index contributed by atoms with van der Waals surface area (Å²) in [4.78, 5) is 8.03. The highest BCUT2D eigenvalue weighted by Gasteiger charge is 2.05. The fraction of sp³-hybridized carbons (Fsp3) is 0.556. The molecule has 1 heterocycles. The van der Waals surface area contributed by atoms with Gasteiger partial charge in [0.2, 0.25) is 5.28 Å². The van der Waals surface area contributed by atoms with Crippen molar-refractivity contribution in [2.24, 2.45) is 0 Å². The van der Waals surface area contributed by atoms with E-state index in [1.165, 1.54) is 0 Å². The van der Waals surface area contributed by atoms with E-state index in [2.05, 4.69) is 28.5 Å². The number of aryl methyl sites for hydroxylation is 1. The van der Waals surface area contributed by atoms with Gasteiger partial charge in [-0.1, -0.05) is 0 Å². The molecular formula is C9H14ClN3S. The van der Waals surface area contributed by atoms with Crippen molar-refractivity contribution in [1.29, 1.82) is 0 Å². The van der Waals surface area contributed by atoms with Crippen LogP contribution in [0.4, 0.5) is 5.82 Å². The molecule has 1 atom stereocenters. The van der Waals surface area contributed by atoms with E-state index in [4.69, 9.17) is 11.6 Å². The number of rotatable bonds is 4. The van der Waals surface area contributed by atoms with Crippen LogP contribution in [0, 0.1) is 6.92 Å². The number of thioether (sulfide) groups is 1. The first-order valence-corrected chi connectivity index (χ1v) is 6.15. The zero-order valence-corrected chi connectivity index (χ0v) is 10.1. The summed E-state index contributed by atoms with van der Waals surface area (Å²) in [6, 6.07) is 0.384. The Morgan fingerprint density at radius 1 is 1.64 bits per heavy atom. The smallest absolute Gasteiger partial charge is 0.224 e. The molecule has 0 aliphatic rings. The predicted molar refractivity (Wildman–Crippen MR) is 63.2 cm³/mol. The Kier molecular flexibility index (Phi) is 4.48. The standard InChI is InChI=1S/C9H14ClN3S/c1-6-4-11-9(10)13-8(6)12-7(2)5-14-3/h4,7H,5H2,1-3H3,(H,11,12,13). The average molecular weight is 232 g/mol. The van der Waals surface area contributed by atoms with E-state index in [1.54, 1.807) is 18.0 Å². The van der Waals surface area contributed by atoms with E-state index in [1.807, 2.05) is 6.92 Å². The molecule has 1 aromatic rings. The summed E-state index contributed by atoms with van der Waals surface area (Å²) in [6.07, 6.45) is 3.81. The number of hydrogen-bond acceptors (Lipinski definition) is 4. The van der Waals surface area contributed by atoms with Crippen molar-refractivity contribution in [2.45, 2.75) is 19.9 Å². The molecule has 1 N–H and O–H groups in total. The van der Waals surface area contributed by atoms with Crippen LogP contribution in [0.25, 0.3) is 0 Å². The SMILES string of the molecule is CSCC(C)Nc1nc(Cl)ncc1C. The van der Waals surface area contributed by atoms with Crippen LogP contribution in [-0.2, 0) is 0 Å². The Hall–Kier alpha value is -0.480. The normalized spacial score (nSPS) is 12.6. The Bertz CT molecular complexity index is 306. The molecule has 0 spiro atoms. The quantitative estimate of drug-likeness (QED) is 0.809. The van der Waals surface area contributed by atoms with E-state index in [0.717, 1.165) is 17.1 Å². The van der Waals surface area contributed by atoms with Crippen molar-refractivity contribution >= 4 is 29.2 Å². The molecule has 1 aromatic heterocycles. The van der Waals surface area contributed by atoms with Crippen LogP contribution in [0.5, 0.6) is 0 Å². The highest BCUT2D eigenvalue weighted by atomic mass is 35.5. The molecule has 1 rings (SSSR count). The first-order valence-electron chi connectivity index (χ1n) is 4.38. The molecule has 0 aliphatic heterocycles. The van der Waals surface area contributed by atoms with Gasteiger partial charge in [-0.25, -0.2) is 9.97 Å². The molecule has 0 aliphatic carbocycles. The maximum Gasteiger partial charge on any atom is 0.224 e. The van der Waals surface area contributed by atoms with Gasteiger partial charge in [-0.3, -0.25) is 0 Å². The van der Waals surface area contributed by atoms with Gasteiger partial charge < -0.3 is 5.32 Å². The average Bonchev–Trinajstić information content (AvgIpc) is 2.12. The van der Waals surface area contributed by atoms with Gasteiger partial charge in [-0.15, -0.1) is 0 Å². The molecule has 0 radical (unpaired) electrons. The van der Waals surface area contributed by atoms with Crippen molar-refractivity contribution in [2.75, 3.05) is 17.3 Å². The summed E-state index contributed by atoms with van der Waals surface area (Å²) in [6.45, 7) is 4.08. The summed E-state index contributed by atoms with van der Waals surface area (Å²) < 4.78 is 0. The molecular weight excluding hydrogens is 218 g/mol. The number of nitrogens with one attached hydrogen (secondary N) is 1. The number of hydrogen-bond donors (Lipinski definition) is 1. The van der Waals surface area contributed by atoms with Gasteiger partial charge in [0.25, 0.3) is 0 Å². The second-order valence-corrected chi connectivity index (χ2v) is 4.42. The van der Waals surface area contributed by atoms with Gasteiger partial charge >= 0.3 is 0 Å². The minimum atomic E-state index is 0.287. The van der Waals surface area contributed by atoms with Crippen molar-refractivity contribution in [3.8, 4) is 0 Å². The van der Waals surface area contributed by atoms with Crippen molar-refractivity contribution < 1.29 is 0 Å². The summed E-state index contributed by atoms with van der Waals surface area (Å²) >= 11 is 7.51. The molecule has 78 valence electrons. The third kappa shape index (κ3) is 3.35. The maximum absolute atomic E-state index is 5.71. The molecule has 0 saturated heterocycles. The number of aromatic nitrogens is 2. The Morgan fingerprint density at radius 3 is 3.00 bits per heavy atom. The summed E-state index contributed by atoms with van der Waals surface area (Å²) in [5.41, 5.74) is 1.02. The Balaban J connectivity index is 2.70. The van der Waals surface area contributed by atoms with Gasteiger partial charge in [-0.2, -0.15) is 11.8 Å². The monoisotopic (exact) mass is 231 g/mol.